The van der Waals surface area contributed by atoms with Gasteiger partial charge in [-0.15, -0.1) is 0 Å². The lowest BCUT2D eigenvalue weighted by Crippen LogP contribution is -2.15. The topological polar surface area (TPSA) is 77.6 Å². The Balaban J connectivity index is 1.50. The highest BCUT2D eigenvalue weighted by molar-refractivity contribution is 6.13. The maximum Gasteiger partial charge on any atom is 0.256 e. The van der Waals surface area contributed by atoms with Gasteiger partial charge in [-0.05, 0) is 63.6 Å². The zero-order valence-corrected chi connectivity index (χ0v) is 20.0. The standard InChI is InChI=1S/C27H25FN6O/c1-16-14-23(24-17(2)32-34(26(24)29-16)22-8-6-5-7-9-22)27(35)30-25-18(3)31-33(19(25)4)15-20-10-12-21(28)13-11-20/h5-14H,15H2,1-4H3,(H,30,35). The lowest BCUT2D eigenvalue weighted by Gasteiger charge is -2.10. The van der Waals surface area contributed by atoms with E-state index in [2.05, 4.69) is 15.5 Å². The van der Waals surface area contributed by atoms with Crippen LogP contribution in [0.15, 0.2) is 60.7 Å². The molecule has 176 valence electrons. The molecule has 0 spiro atoms. The van der Waals surface area contributed by atoms with Gasteiger partial charge in [0.1, 0.15) is 5.82 Å². The number of hydrogen-bond acceptors (Lipinski definition) is 4. The molecule has 0 saturated heterocycles. The van der Waals surface area contributed by atoms with Crippen LogP contribution in [0.25, 0.3) is 16.7 Å². The number of hydrogen-bond donors (Lipinski definition) is 1. The average Bonchev–Trinajstić information content (AvgIpc) is 3.31. The number of pyridine rings is 1. The predicted molar refractivity (Wildman–Crippen MR) is 133 cm³/mol. The van der Waals surface area contributed by atoms with E-state index in [-0.39, 0.29) is 11.7 Å². The molecule has 3 heterocycles. The van der Waals surface area contributed by atoms with E-state index in [1.165, 1.54) is 12.1 Å². The summed E-state index contributed by atoms with van der Waals surface area (Å²) in [5.41, 5.74) is 6.58. The van der Waals surface area contributed by atoms with Gasteiger partial charge in [-0.2, -0.15) is 10.2 Å². The summed E-state index contributed by atoms with van der Waals surface area (Å²) in [6.07, 6.45) is 0. The number of aromatic nitrogens is 5. The molecule has 0 aliphatic rings. The number of anilines is 1. The lowest BCUT2D eigenvalue weighted by atomic mass is 10.1. The number of halogens is 1. The number of rotatable bonds is 5. The number of carbonyl (C=O) groups excluding carboxylic acids is 1. The van der Waals surface area contributed by atoms with E-state index in [9.17, 15) is 9.18 Å². The quantitative estimate of drug-likeness (QED) is 0.380. The number of fused-ring (bicyclic) bond motifs is 1. The maximum absolute atomic E-state index is 13.5. The largest absolute Gasteiger partial charge is 0.319 e. The number of nitrogens with one attached hydrogen (secondary N) is 1. The Bertz CT molecular complexity index is 1550. The van der Waals surface area contributed by atoms with E-state index in [0.717, 1.165) is 28.3 Å². The maximum atomic E-state index is 13.5. The van der Waals surface area contributed by atoms with Crippen LogP contribution in [-0.2, 0) is 6.54 Å². The Morgan fingerprint density at radius 2 is 1.66 bits per heavy atom. The first-order valence-corrected chi connectivity index (χ1v) is 11.3. The van der Waals surface area contributed by atoms with Crippen molar-refractivity contribution in [2.24, 2.45) is 0 Å². The summed E-state index contributed by atoms with van der Waals surface area (Å²) in [4.78, 5) is 18.2. The third-order valence-electron chi connectivity index (χ3n) is 6.05. The molecule has 0 unspecified atom stereocenters. The first kappa shape index (κ1) is 22.5. The van der Waals surface area contributed by atoms with Gasteiger partial charge < -0.3 is 5.32 Å². The van der Waals surface area contributed by atoms with Crippen molar-refractivity contribution in [3.05, 3.63) is 100 Å². The van der Waals surface area contributed by atoms with Crippen molar-refractivity contribution in [1.29, 1.82) is 0 Å². The van der Waals surface area contributed by atoms with Gasteiger partial charge in [0.25, 0.3) is 5.91 Å². The average molecular weight is 469 g/mol. The molecular weight excluding hydrogens is 443 g/mol. The van der Waals surface area contributed by atoms with E-state index in [4.69, 9.17) is 4.98 Å². The zero-order valence-electron chi connectivity index (χ0n) is 20.0. The van der Waals surface area contributed by atoms with Crippen molar-refractivity contribution in [3.63, 3.8) is 0 Å². The molecule has 0 saturated carbocycles. The van der Waals surface area contributed by atoms with Crippen LogP contribution in [-0.4, -0.2) is 30.5 Å². The van der Waals surface area contributed by atoms with Crippen molar-refractivity contribution in [2.45, 2.75) is 34.2 Å². The van der Waals surface area contributed by atoms with Crippen LogP contribution in [0.1, 0.15) is 38.7 Å². The van der Waals surface area contributed by atoms with E-state index in [0.29, 0.717) is 34.5 Å². The number of nitrogens with zero attached hydrogens (tertiary/aromatic N) is 5. The van der Waals surface area contributed by atoms with E-state index in [1.807, 2.05) is 62.7 Å². The summed E-state index contributed by atoms with van der Waals surface area (Å²) in [5, 5.41) is 13.0. The van der Waals surface area contributed by atoms with Crippen LogP contribution in [0, 0.1) is 33.5 Å². The van der Waals surface area contributed by atoms with Gasteiger partial charge in [0, 0.05) is 5.69 Å². The highest BCUT2D eigenvalue weighted by atomic mass is 19.1. The van der Waals surface area contributed by atoms with E-state index >= 15 is 0 Å². The van der Waals surface area contributed by atoms with Gasteiger partial charge in [-0.1, -0.05) is 30.3 Å². The molecule has 3 aromatic heterocycles. The fourth-order valence-corrected chi connectivity index (χ4v) is 4.32. The molecule has 5 rings (SSSR count). The molecule has 0 fully saturated rings. The highest BCUT2D eigenvalue weighted by Crippen LogP contribution is 2.27. The van der Waals surface area contributed by atoms with Gasteiger partial charge in [-0.3, -0.25) is 9.48 Å². The van der Waals surface area contributed by atoms with E-state index in [1.54, 1.807) is 22.9 Å². The molecule has 7 nitrogen and oxygen atoms in total. The second-order valence-corrected chi connectivity index (χ2v) is 8.63. The summed E-state index contributed by atoms with van der Waals surface area (Å²) in [7, 11) is 0. The minimum Gasteiger partial charge on any atom is -0.319 e. The molecule has 1 N–H and O–H groups in total. The Morgan fingerprint density at radius 3 is 2.37 bits per heavy atom. The van der Waals surface area contributed by atoms with Crippen LogP contribution in [0.4, 0.5) is 10.1 Å². The predicted octanol–water partition coefficient (Wildman–Crippen LogP) is 5.29. The summed E-state index contributed by atoms with van der Waals surface area (Å²) in [6, 6.07) is 17.8. The molecule has 0 radical (unpaired) electrons. The highest BCUT2D eigenvalue weighted by Gasteiger charge is 2.22. The van der Waals surface area contributed by atoms with Gasteiger partial charge >= 0.3 is 0 Å². The minimum atomic E-state index is -0.278. The number of para-hydroxylation sites is 1. The third kappa shape index (κ3) is 4.19. The zero-order chi connectivity index (χ0) is 24.7. The van der Waals surface area contributed by atoms with Crippen molar-refractivity contribution >= 4 is 22.6 Å². The summed E-state index contributed by atoms with van der Waals surface area (Å²) >= 11 is 0. The molecule has 0 atom stereocenters. The second-order valence-electron chi connectivity index (χ2n) is 8.63. The fourth-order valence-electron chi connectivity index (χ4n) is 4.32. The molecule has 35 heavy (non-hydrogen) atoms. The van der Waals surface area contributed by atoms with Crippen molar-refractivity contribution in [3.8, 4) is 5.69 Å². The Morgan fingerprint density at radius 1 is 0.943 bits per heavy atom. The number of aryl methyl sites for hydroxylation is 3. The minimum absolute atomic E-state index is 0.247. The molecule has 0 aliphatic carbocycles. The lowest BCUT2D eigenvalue weighted by molar-refractivity contribution is 0.102. The Labute approximate surface area is 202 Å². The van der Waals surface area contributed by atoms with Crippen LogP contribution < -0.4 is 5.32 Å². The van der Waals surface area contributed by atoms with Gasteiger partial charge in [0.05, 0.1) is 46.0 Å². The van der Waals surface area contributed by atoms with Crippen molar-refractivity contribution < 1.29 is 9.18 Å². The molecule has 0 aliphatic heterocycles. The summed E-state index contributed by atoms with van der Waals surface area (Å²) < 4.78 is 16.8. The molecule has 2 aromatic carbocycles. The van der Waals surface area contributed by atoms with E-state index < -0.39 is 0 Å². The second kappa shape index (κ2) is 8.79. The van der Waals surface area contributed by atoms with Gasteiger partial charge in [0.2, 0.25) is 0 Å². The van der Waals surface area contributed by atoms with Gasteiger partial charge in [-0.25, -0.2) is 14.1 Å². The molecule has 8 heteroatoms. The van der Waals surface area contributed by atoms with Crippen LogP contribution in [0.2, 0.25) is 0 Å². The molecule has 5 aromatic rings. The number of amides is 1. The van der Waals surface area contributed by atoms with Crippen LogP contribution in [0.5, 0.6) is 0 Å². The molecule has 1 amide bonds. The van der Waals surface area contributed by atoms with Gasteiger partial charge in [0.15, 0.2) is 5.65 Å². The normalized spacial score (nSPS) is 11.2. The summed E-state index contributed by atoms with van der Waals surface area (Å²) in [5.74, 6) is -0.524. The van der Waals surface area contributed by atoms with Crippen molar-refractivity contribution in [2.75, 3.05) is 5.32 Å². The monoisotopic (exact) mass is 468 g/mol. The van der Waals surface area contributed by atoms with Crippen LogP contribution >= 0.6 is 0 Å². The Kier molecular flexibility index (Phi) is 5.64. The first-order valence-electron chi connectivity index (χ1n) is 11.3. The third-order valence-corrected chi connectivity index (χ3v) is 6.05. The summed E-state index contributed by atoms with van der Waals surface area (Å²) in [6.45, 7) is 7.99. The molecule has 0 bridgehead atoms. The number of benzene rings is 2. The number of carbonyl (C=O) groups is 1. The smallest absolute Gasteiger partial charge is 0.256 e. The Hall–Kier alpha value is -4.33. The molecular formula is C27H25FN6O. The fraction of sp³-hybridized carbons (Fsp3) is 0.185. The SMILES string of the molecule is Cc1cc(C(=O)Nc2c(C)nn(Cc3ccc(F)cc3)c2C)c2c(C)nn(-c3ccccc3)c2n1. The first-order chi connectivity index (χ1) is 16.8. The van der Waals surface area contributed by atoms with Crippen LogP contribution in [0.3, 0.4) is 0 Å². The van der Waals surface area contributed by atoms with Crippen molar-refractivity contribution in [1.82, 2.24) is 24.5 Å².